The summed E-state index contributed by atoms with van der Waals surface area (Å²) in [6.45, 7) is 2.73. The maximum Gasteiger partial charge on any atom is 0.321 e. The van der Waals surface area contributed by atoms with Crippen molar-refractivity contribution >= 4 is 17.5 Å². The van der Waals surface area contributed by atoms with Crippen molar-refractivity contribution in [3.63, 3.8) is 0 Å². The minimum atomic E-state index is -0.302. The van der Waals surface area contributed by atoms with Crippen LogP contribution in [-0.2, 0) is 0 Å². The number of Topliss-reactive ketones (excluding diaryl/α,β-unsaturated/α-hetero) is 1. The summed E-state index contributed by atoms with van der Waals surface area (Å²) < 4.78 is 13.4. The molecule has 0 bridgehead atoms. The molecule has 130 valence electrons. The molecule has 0 atom stereocenters. The lowest BCUT2D eigenvalue weighted by Gasteiger charge is -2.31. The van der Waals surface area contributed by atoms with Gasteiger partial charge in [0.1, 0.15) is 5.82 Å². The number of amides is 2. The Morgan fingerprint density at radius 1 is 1.08 bits per heavy atom. The number of benzene rings is 2. The maximum atomic E-state index is 13.4. The minimum Gasteiger partial charge on any atom is -0.324 e. The molecule has 2 aromatic rings. The summed E-state index contributed by atoms with van der Waals surface area (Å²) >= 11 is 0. The predicted molar refractivity (Wildman–Crippen MR) is 95.2 cm³/mol. The first-order valence-electron chi connectivity index (χ1n) is 8.46. The lowest BCUT2D eigenvalue weighted by atomic mass is 9.88. The summed E-state index contributed by atoms with van der Waals surface area (Å²) in [6, 6.07) is 13.6. The first-order valence-corrected chi connectivity index (χ1v) is 8.46. The fourth-order valence-electron chi connectivity index (χ4n) is 3.10. The molecule has 2 aromatic carbocycles. The Kier molecular flexibility index (Phi) is 5.12. The summed E-state index contributed by atoms with van der Waals surface area (Å²) in [5, 5.41) is 2.86. The maximum absolute atomic E-state index is 13.4. The van der Waals surface area contributed by atoms with Crippen molar-refractivity contribution in [1.29, 1.82) is 0 Å². The topological polar surface area (TPSA) is 49.4 Å². The number of aryl methyl sites for hydroxylation is 1. The molecule has 25 heavy (non-hydrogen) atoms. The molecule has 0 aliphatic carbocycles. The van der Waals surface area contributed by atoms with Crippen molar-refractivity contribution < 1.29 is 14.0 Å². The lowest BCUT2D eigenvalue weighted by Crippen LogP contribution is -2.42. The van der Waals surface area contributed by atoms with Crippen LogP contribution in [0, 0.1) is 18.7 Å². The minimum absolute atomic E-state index is 0.0335. The van der Waals surface area contributed by atoms with Crippen LogP contribution in [-0.4, -0.2) is 29.8 Å². The average Bonchev–Trinajstić information content (AvgIpc) is 2.64. The Morgan fingerprint density at radius 3 is 2.40 bits per heavy atom. The van der Waals surface area contributed by atoms with Crippen LogP contribution in [0.15, 0.2) is 48.5 Å². The molecule has 1 aliphatic rings. The summed E-state index contributed by atoms with van der Waals surface area (Å²) in [7, 11) is 0. The second kappa shape index (κ2) is 7.47. The Morgan fingerprint density at radius 2 is 1.76 bits per heavy atom. The van der Waals surface area contributed by atoms with Crippen molar-refractivity contribution in [1.82, 2.24) is 4.90 Å². The van der Waals surface area contributed by atoms with E-state index in [1.165, 1.54) is 6.07 Å². The van der Waals surface area contributed by atoms with Crippen LogP contribution in [0.4, 0.5) is 14.9 Å². The van der Waals surface area contributed by atoms with Gasteiger partial charge in [-0.05, 0) is 55.7 Å². The number of rotatable bonds is 3. The molecule has 1 saturated heterocycles. The van der Waals surface area contributed by atoms with Gasteiger partial charge in [-0.25, -0.2) is 9.18 Å². The number of likely N-dealkylation sites (tertiary alicyclic amines) is 1. The average molecular weight is 340 g/mol. The van der Waals surface area contributed by atoms with Gasteiger partial charge < -0.3 is 10.2 Å². The van der Waals surface area contributed by atoms with Gasteiger partial charge in [0.05, 0.1) is 0 Å². The third-order valence-electron chi connectivity index (χ3n) is 4.62. The van der Waals surface area contributed by atoms with Gasteiger partial charge >= 0.3 is 6.03 Å². The Labute approximate surface area is 146 Å². The number of para-hydroxylation sites is 1. The van der Waals surface area contributed by atoms with E-state index in [1.807, 2.05) is 30.3 Å². The third-order valence-corrected chi connectivity index (χ3v) is 4.62. The second-order valence-electron chi connectivity index (χ2n) is 6.39. The van der Waals surface area contributed by atoms with Gasteiger partial charge in [0.2, 0.25) is 0 Å². The Hall–Kier alpha value is -2.69. The molecule has 0 unspecified atom stereocenters. The molecule has 1 fully saturated rings. The van der Waals surface area contributed by atoms with Crippen LogP contribution in [0.3, 0.4) is 0 Å². The predicted octanol–water partition coefficient (Wildman–Crippen LogP) is 4.26. The van der Waals surface area contributed by atoms with Crippen LogP contribution < -0.4 is 5.32 Å². The lowest BCUT2D eigenvalue weighted by molar-refractivity contribution is 0.0859. The fourth-order valence-corrected chi connectivity index (χ4v) is 3.10. The Balaban J connectivity index is 1.57. The molecule has 0 radical (unpaired) electrons. The largest absolute Gasteiger partial charge is 0.324 e. The summed E-state index contributed by atoms with van der Waals surface area (Å²) in [5.41, 5.74) is 1.78. The second-order valence-corrected chi connectivity index (χ2v) is 6.39. The van der Waals surface area contributed by atoms with Crippen LogP contribution in [0.25, 0.3) is 0 Å². The van der Waals surface area contributed by atoms with Crippen molar-refractivity contribution in [3.05, 3.63) is 65.5 Å². The van der Waals surface area contributed by atoms with Gasteiger partial charge in [-0.2, -0.15) is 0 Å². The van der Waals surface area contributed by atoms with Crippen LogP contribution in [0.1, 0.15) is 28.8 Å². The zero-order chi connectivity index (χ0) is 17.8. The van der Waals surface area contributed by atoms with E-state index >= 15 is 0 Å². The smallest absolute Gasteiger partial charge is 0.321 e. The molecule has 0 aromatic heterocycles. The van der Waals surface area contributed by atoms with Crippen molar-refractivity contribution in [2.24, 2.45) is 5.92 Å². The van der Waals surface area contributed by atoms with E-state index < -0.39 is 0 Å². The van der Waals surface area contributed by atoms with Crippen molar-refractivity contribution in [3.8, 4) is 0 Å². The number of hydrogen-bond acceptors (Lipinski definition) is 2. The van der Waals surface area contributed by atoms with Crippen LogP contribution in [0.5, 0.6) is 0 Å². The molecule has 4 nitrogen and oxygen atoms in total. The Bertz CT molecular complexity index is 769. The number of carbonyl (C=O) groups excluding carboxylic acids is 2. The summed E-state index contributed by atoms with van der Waals surface area (Å²) in [4.78, 5) is 26.6. The van der Waals surface area contributed by atoms with Crippen molar-refractivity contribution in [2.45, 2.75) is 19.8 Å². The van der Waals surface area contributed by atoms with Crippen LogP contribution in [0.2, 0.25) is 0 Å². The quantitative estimate of drug-likeness (QED) is 0.849. The first kappa shape index (κ1) is 17.1. The molecule has 0 spiro atoms. The number of halogens is 1. The highest BCUT2D eigenvalue weighted by Crippen LogP contribution is 2.23. The van der Waals surface area contributed by atoms with Crippen LogP contribution >= 0.6 is 0 Å². The van der Waals surface area contributed by atoms with Gasteiger partial charge in [-0.3, -0.25) is 4.79 Å². The number of carbonyl (C=O) groups is 2. The molecule has 0 saturated carbocycles. The number of hydrogen-bond donors (Lipinski definition) is 1. The molecular formula is C20H21FN2O2. The number of anilines is 1. The highest BCUT2D eigenvalue weighted by Gasteiger charge is 2.28. The molecule has 1 N–H and O–H groups in total. The molecule has 3 rings (SSSR count). The van der Waals surface area contributed by atoms with Gasteiger partial charge in [-0.1, -0.05) is 18.2 Å². The van der Waals surface area contributed by atoms with Gasteiger partial charge in [0, 0.05) is 30.3 Å². The SMILES string of the molecule is Cc1cc(C(=O)C2CCN(C(=O)Nc3ccccc3)CC2)ccc1F. The van der Waals surface area contributed by atoms with E-state index in [-0.39, 0.29) is 23.5 Å². The molecule has 2 amide bonds. The van der Waals surface area contributed by atoms with E-state index in [4.69, 9.17) is 0 Å². The highest BCUT2D eigenvalue weighted by atomic mass is 19.1. The molecule has 1 aliphatic heterocycles. The normalized spacial score (nSPS) is 15.0. The number of nitrogens with one attached hydrogen (secondary N) is 1. The molecule has 5 heteroatoms. The van der Waals surface area contributed by atoms with Gasteiger partial charge in [-0.15, -0.1) is 0 Å². The van der Waals surface area contributed by atoms with E-state index in [9.17, 15) is 14.0 Å². The standard InChI is InChI=1S/C20H21FN2O2/c1-14-13-16(7-8-18(14)21)19(24)15-9-11-23(12-10-15)20(25)22-17-5-3-2-4-6-17/h2-8,13,15H,9-12H2,1H3,(H,22,25). The van der Waals surface area contributed by atoms with E-state index in [0.717, 1.165) is 5.69 Å². The number of piperidine rings is 1. The number of ketones is 1. The number of urea groups is 1. The monoisotopic (exact) mass is 340 g/mol. The zero-order valence-electron chi connectivity index (χ0n) is 14.2. The van der Waals surface area contributed by atoms with Crippen molar-refractivity contribution in [2.75, 3.05) is 18.4 Å². The van der Waals surface area contributed by atoms with Gasteiger partial charge in [0.25, 0.3) is 0 Å². The summed E-state index contributed by atoms with van der Waals surface area (Å²) in [5.74, 6) is -0.388. The molecule has 1 heterocycles. The van der Waals surface area contributed by atoms with E-state index in [2.05, 4.69) is 5.32 Å². The third kappa shape index (κ3) is 4.05. The fraction of sp³-hybridized carbons (Fsp3) is 0.300. The zero-order valence-corrected chi connectivity index (χ0v) is 14.2. The molecular weight excluding hydrogens is 319 g/mol. The highest BCUT2D eigenvalue weighted by molar-refractivity contribution is 5.98. The van der Waals surface area contributed by atoms with E-state index in [0.29, 0.717) is 37.1 Å². The number of nitrogens with zero attached hydrogens (tertiary/aromatic N) is 1. The van der Waals surface area contributed by atoms with Gasteiger partial charge in [0.15, 0.2) is 5.78 Å². The summed E-state index contributed by atoms with van der Waals surface area (Å²) in [6.07, 6.45) is 1.24. The van der Waals surface area contributed by atoms with E-state index in [1.54, 1.807) is 24.0 Å². The first-order chi connectivity index (χ1) is 12.0.